The molecule has 1 aliphatic heterocycles. The Bertz CT molecular complexity index is 955. The maximum atomic E-state index is 13.3. The average Bonchev–Trinajstić information content (AvgIpc) is 3.05. The number of aryl methyl sites for hydroxylation is 1. The van der Waals surface area contributed by atoms with Gasteiger partial charge in [-0.1, -0.05) is 36.4 Å². The van der Waals surface area contributed by atoms with Gasteiger partial charge in [0.25, 0.3) is 5.91 Å². The summed E-state index contributed by atoms with van der Waals surface area (Å²) >= 11 is 0. The second-order valence-electron chi connectivity index (χ2n) is 9.81. The summed E-state index contributed by atoms with van der Waals surface area (Å²) in [5.74, 6) is -1.21. The fourth-order valence-corrected chi connectivity index (χ4v) is 3.86. The first-order chi connectivity index (χ1) is 16.6. The maximum Gasteiger partial charge on any atom is 0.481 e. The monoisotopic (exact) mass is 481 g/mol. The fraction of sp³-hybridized carbons (Fsp3) is 0.500. The Labute approximate surface area is 208 Å². The van der Waals surface area contributed by atoms with Gasteiger partial charge in [-0.2, -0.15) is 0 Å². The van der Waals surface area contributed by atoms with Gasteiger partial charge in [-0.25, -0.2) is 0 Å². The van der Waals surface area contributed by atoms with Crippen LogP contribution in [0.15, 0.2) is 54.7 Å². The summed E-state index contributed by atoms with van der Waals surface area (Å²) in [6, 6.07) is 14.3. The van der Waals surface area contributed by atoms with Crippen LogP contribution >= 0.6 is 0 Å². The molecule has 1 aromatic heterocycles. The molecule has 2 aromatic rings. The number of nitrogens with one attached hydrogen (secondary N) is 2. The number of nitrogens with zero attached hydrogens (tertiary/aromatic N) is 1. The minimum absolute atomic E-state index is 0.0184. The van der Waals surface area contributed by atoms with Gasteiger partial charge in [0.2, 0.25) is 5.91 Å². The summed E-state index contributed by atoms with van der Waals surface area (Å²) in [5.41, 5.74) is 0.399. The van der Waals surface area contributed by atoms with Crippen LogP contribution in [-0.4, -0.2) is 60.8 Å². The molecule has 3 rings (SSSR count). The molecule has 0 radical (unpaired) electrons. The van der Waals surface area contributed by atoms with Crippen LogP contribution < -0.4 is 10.6 Å². The average molecular weight is 481 g/mol. The van der Waals surface area contributed by atoms with E-state index in [-0.39, 0.29) is 18.2 Å². The molecule has 1 saturated heterocycles. The van der Waals surface area contributed by atoms with E-state index in [1.807, 2.05) is 45.9 Å². The van der Waals surface area contributed by atoms with Crippen molar-refractivity contribution < 1.29 is 23.6 Å². The smallest absolute Gasteiger partial charge is 0.402 e. The molecule has 0 saturated carbocycles. The van der Waals surface area contributed by atoms with Crippen LogP contribution in [0.1, 0.15) is 56.6 Å². The number of pyridine rings is 1. The lowest BCUT2D eigenvalue weighted by atomic mass is 9.75. The van der Waals surface area contributed by atoms with Gasteiger partial charge in [0.1, 0.15) is 11.7 Å². The van der Waals surface area contributed by atoms with Gasteiger partial charge in [-0.05, 0) is 64.7 Å². The van der Waals surface area contributed by atoms with Gasteiger partial charge in [0.05, 0.1) is 23.8 Å². The summed E-state index contributed by atoms with van der Waals surface area (Å²) in [6.45, 7) is 7.95. The lowest BCUT2D eigenvalue weighted by Gasteiger charge is -2.32. The molecule has 35 heavy (non-hydrogen) atoms. The number of hydrogen-bond acceptors (Lipinski definition) is 6. The van der Waals surface area contributed by atoms with E-state index in [0.29, 0.717) is 6.42 Å². The van der Waals surface area contributed by atoms with Gasteiger partial charge in [-0.3, -0.25) is 14.6 Å². The zero-order valence-electron chi connectivity index (χ0n) is 21.2. The summed E-state index contributed by atoms with van der Waals surface area (Å²) in [6.07, 6.45) is 3.87. The minimum atomic E-state index is -0.895. The Hall–Kier alpha value is -2.75. The van der Waals surface area contributed by atoms with Crippen molar-refractivity contribution >= 4 is 18.9 Å². The van der Waals surface area contributed by atoms with Crippen LogP contribution in [-0.2, 0) is 25.3 Å². The van der Waals surface area contributed by atoms with E-state index in [1.54, 1.807) is 18.2 Å². The molecular weight excluding hydrogens is 445 g/mol. The Morgan fingerprint density at radius 2 is 1.66 bits per heavy atom. The largest absolute Gasteiger partial charge is 0.481 e. The molecule has 188 valence electrons. The number of rotatable bonds is 11. The Kier molecular flexibility index (Phi) is 9.05. The second kappa shape index (κ2) is 11.8. The molecule has 2 atom stereocenters. The maximum absolute atomic E-state index is 13.3. The van der Waals surface area contributed by atoms with E-state index in [9.17, 15) is 9.59 Å². The van der Waals surface area contributed by atoms with Crippen molar-refractivity contribution in [3.05, 3.63) is 66.0 Å². The summed E-state index contributed by atoms with van der Waals surface area (Å²) in [5, 5.41) is 5.78. The highest BCUT2D eigenvalue weighted by molar-refractivity contribution is 6.48. The van der Waals surface area contributed by atoms with Gasteiger partial charge in [0, 0.05) is 13.3 Å². The fourth-order valence-electron chi connectivity index (χ4n) is 3.86. The molecule has 1 fully saturated rings. The molecular formula is C26H36BN3O5. The van der Waals surface area contributed by atoms with Crippen LogP contribution in [0.25, 0.3) is 0 Å². The highest BCUT2D eigenvalue weighted by atomic mass is 16.7. The number of ether oxygens (including phenoxy) is 1. The first kappa shape index (κ1) is 26.9. The zero-order chi connectivity index (χ0) is 25.5. The minimum Gasteiger partial charge on any atom is -0.402 e. The van der Waals surface area contributed by atoms with Crippen molar-refractivity contribution in [3.8, 4) is 0 Å². The van der Waals surface area contributed by atoms with Crippen molar-refractivity contribution in [1.29, 1.82) is 0 Å². The standard InChI is InChI=1S/C26H36BN3O5/c1-25(2)26(3,4)35-27(34-25)22(16-11-14-19-12-7-6-8-13-19)30-24(32)21(18-33-5)29-23(31)20-15-9-10-17-28-20/h6-10,12-13,15,17,21-22H,11,14,16,18H2,1-5H3,(H,29,31)(H,30,32). The normalized spacial score (nSPS) is 18.0. The van der Waals surface area contributed by atoms with Crippen molar-refractivity contribution in [3.63, 3.8) is 0 Å². The molecule has 9 heteroatoms. The summed E-state index contributed by atoms with van der Waals surface area (Å²) in [7, 11) is 0.869. The lowest BCUT2D eigenvalue weighted by Crippen LogP contribution is -2.56. The number of methoxy groups -OCH3 is 1. The van der Waals surface area contributed by atoms with Crippen LogP contribution in [0.4, 0.5) is 0 Å². The van der Waals surface area contributed by atoms with E-state index < -0.39 is 36.2 Å². The molecule has 2 N–H and O–H groups in total. The summed E-state index contributed by atoms with van der Waals surface area (Å²) in [4.78, 5) is 30.0. The molecule has 1 aliphatic rings. The van der Waals surface area contributed by atoms with Crippen molar-refractivity contribution in [2.75, 3.05) is 13.7 Å². The van der Waals surface area contributed by atoms with E-state index in [1.165, 1.54) is 18.9 Å². The first-order valence-corrected chi connectivity index (χ1v) is 12.0. The molecule has 2 unspecified atom stereocenters. The third-order valence-electron chi connectivity index (χ3n) is 6.60. The van der Waals surface area contributed by atoms with Gasteiger partial charge >= 0.3 is 7.12 Å². The number of carbonyl (C=O) groups is 2. The third-order valence-corrected chi connectivity index (χ3v) is 6.60. The first-order valence-electron chi connectivity index (χ1n) is 12.0. The van der Waals surface area contributed by atoms with Crippen molar-refractivity contribution in [2.45, 2.75) is 70.1 Å². The van der Waals surface area contributed by atoms with Gasteiger partial charge < -0.3 is 24.7 Å². The number of aromatic nitrogens is 1. The second-order valence-corrected chi connectivity index (χ2v) is 9.81. The molecule has 0 spiro atoms. The Morgan fingerprint density at radius 3 is 2.26 bits per heavy atom. The topological polar surface area (TPSA) is 98.8 Å². The van der Waals surface area contributed by atoms with Crippen LogP contribution in [0, 0.1) is 0 Å². The summed E-state index contributed by atoms with van der Waals surface area (Å²) < 4.78 is 17.7. The van der Waals surface area contributed by atoms with Crippen molar-refractivity contribution in [2.24, 2.45) is 0 Å². The molecule has 2 heterocycles. The zero-order valence-corrected chi connectivity index (χ0v) is 21.2. The highest BCUT2D eigenvalue weighted by Crippen LogP contribution is 2.38. The molecule has 1 aromatic carbocycles. The number of carbonyl (C=O) groups excluding carboxylic acids is 2. The van der Waals surface area contributed by atoms with E-state index in [4.69, 9.17) is 14.0 Å². The number of hydrogen-bond donors (Lipinski definition) is 2. The lowest BCUT2D eigenvalue weighted by molar-refractivity contribution is -0.124. The quantitative estimate of drug-likeness (QED) is 0.479. The Morgan fingerprint density at radius 1 is 1.00 bits per heavy atom. The Balaban J connectivity index is 1.71. The SMILES string of the molecule is COCC(NC(=O)c1ccccn1)C(=O)NC(CCCc1ccccc1)B1OC(C)(C)C(C)(C)O1. The van der Waals surface area contributed by atoms with E-state index >= 15 is 0 Å². The molecule has 8 nitrogen and oxygen atoms in total. The van der Waals surface area contributed by atoms with Gasteiger partial charge in [-0.15, -0.1) is 0 Å². The van der Waals surface area contributed by atoms with Crippen LogP contribution in [0.3, 0.4) is 0 Å². The van der Waals surface area contributed by atoms with Crippen LogP contribution in [0.5, 0.6) is 0 Å². The predicted octanol–water partition coefficient (Wildman–Crippen LogP) is 2.97. The number of benzene rings is 1. The number of amides is 2. The highest BCUT2D eigenvalue weighted by Gasteiger charge is 2.54. The molecule has 0 bridgehead atoms. The predicted molar refractivity (Wildman–Crippen MR) is 135 cm³/mol. The molecule has 2 amide bonds. The third kappa shape index (κ3) is 7.13. The van der Waals surface area contributed by atoms with Crippen molar-refractivity contribution in [1.82, 2.24) is 15.6 Å². The van der Waals surface area contributed by atoms with Gasteiger partial charge in [0.15, 0.2) is 0 Å². The van der Waals surface area contributed by atoms with E-state index in [0.717, 1.165) is 12.8 Å². The molecule has 0 aliphatic carbocycles. The van der Waals surface area contributed by atoms with E-state index in [2.05, 4.69) is 27.8 Å². The van der Waals surface area contributed by atoms with Crippen LogP contribution in [0.2, 0.25) is 0 Å².